The van der Waals surface area contributed by atoms with Crippen LogP contribution in [0.5, 0.6) is 5.75 Å². The molecule has 3 heterocycles. The number of benzene rings is 1. The zero-order valence-electron chi connectivity index (χ0n) is 16.7. The Labute approximate surface area is 172 Å². The van der Waals surface area contributed by atoms with Crippen molar-refractivity contribution in [1.82, 2.24) is 19.8 Å². The van der Waals surface area contributed by atoms with Crippen LogP contribution in [0, 0.1) is 0 Å². The van der Waals surface area contributed by atoms with Crippen LogP contribution in [-0.4, -0.2) is 45.5 Å². The molecule has 2 N–H and O–H groups in total. The Morgan fingerprint density at radius 2 is 2.03 bits per heavy atom. The number of rotatable bonds is 3. The summed E-state index contributed by atoms with van der Waals surface area (Å²) in [4.78, 5) is 51.8. The van der Waals surface area contributed by atoms with E-state index in [2.05, 4.69) is 10.3 Å². The molecule has 30 heavy (non-hydrogen) atoms. The van der Waals surface area contributed by atoms with Gasteiger partial charge >= 0.3 is 5.69 Å². The first-order chi connectivity index (χ1) is 14.3. The van der Waals surface area contributed by atoms with Gasteiger partial charge in [-0.3, -0.25) is 23.9 Å². The first kappa shape index (κ1) is 19.9. The second-order valence-corrected chi connectivity index (χ2v) is 7.95. The van der Waals surface area contributed by atoms with Crippen molar-refractivity contribution < 1.29 is 14.3 Å². The minimum Gasteiger partial charge on any atom is -0.487 e. The number of carbonyl (C=O) groups excluding carboxylic acids is 2. The van der Waals surface area contributed by atoms with Crippen molar-refractivity contribution in [1.29, 1.82) is 0 Å². The van der Waals surface area contributed by atoms with Crippen molar-refractivity contribution in [2.24, 2.45) is 0 Å². The van der Waals surface area contributed by atoms with Crippen LogP contribution in [0.1, 0.15) is 37.3 Å². The fraction of sp³-hybridized carbons (Fsp3) is 0.429. The average Bonchev–Trinajstić information content (AvgIpc) is 2.84. The lowest BCUT2D eigenvalue weighted by Gasteiger charge is -2.42. The number of hydrogen-bond acceptors (Lipinski definition) is 5. The number of para-hydroxylation sites is 1. The van der Waals surface area contributed by atoms with E-state index in [1.807, 2.05) is 24.3 Å². The van der Waals surface area contributed by atoms with Gasteiger partial charge in [0.2, 0.25) is 11.8 Å². The van der Waals surface area contributed by atoms with Gasteiger partial charge in [-0.1, -0.05) is 18.2 Å². The molecule has 0 radical (unpaired) electrons. The predicted octanol–water partition coefficient (Wildman–Crippen LogP) is 0.558. The van der Waals surface area contributed by atoms with Crippen molar-refractivity contribution in [2.45, 2.75) is 43.9 Å². The van der Waals surface area contributed by atoms with Crippen molar-refractivity contribution in [3.8, 4) is 5.75 Å². The number of aromatic nitrogens is 2. The van der Waals surface area contributed by atoms with Crippen LogP contribution in [0.15, 0.2) is 46.1 Å². The Morgan fingerprint density at radius 1 is 1.23 bits per heavy atom. The van der Waals surface area contributed by atoms with Gasteiger partial charge in [-0.15, -0.1) is 0 Å². The van der Waals surface area contributed by atoms with Gasteiger partial charge < -0.3 is 15.0 Å². The standard InChI is InChI=1S/C21H24N4O5/c1-24-11-9-21(8-6-19(24)28)12-15(14-4-2-3-5-16(14)30-21)22-18(27)13-25-10-7-17(26)23-20(25)29/h2-5,7,10,15H,6,8-9,11-13H2,1H3,(H,22,27)(H,23,26,29). The Morgan fingerprint density at radius 3 is 2.83 bits per heavy atom. The molecule has 0 saturated carbocycles. The summed E-state index contributed by atoms with van der Waals surface area (Å²) in [5, 5.41) is 3.01. The fourth-order valence-corrected chi connectivity index (χ4v) is 4.16. The van der Waals surface area contributed by atoms with E-state index in [1.165, 1.54) is 12.3 Å². The third kappa shape index (κ3) is 4.00. The van der Waals surface area contributed by atoms with E-state index >= 15 is 0 Å². The molecule has 2 amide bonds. The first-order valence-corrected chi connectivity index (χ1v) is 9.96. The summed E-state index contributed by atoms with van der Waals surface area (Å²) in [7, 11) is 1.79. The molecule has 2 atom stereocenters. The molecule has 9 nitrogen and oxygen atoms in total. The number of carbonyl (C=O) groups is 2. The summed E-state index contributed by atoms with van der Waals surface area (Å²) in [6, 6.07) is 8.44. The molecule has 2 aliphatic rings. The van der Waals surface area contributed by atoms with Crippen LogP contribution in [0.4, 0.5) is 0 Å². The number of fused-ring (bicyclic) bond motifs is 1. The minimum atomic E-state index is -0.633. The molecule has 1 saturated heterocycles. The third-order valence-corrected chi connectivity index (χ3v) is 5.87. The third-order valence-electron chi connectivity index (χ3n) is 5.87. The topological polar surface area (TPSA) is 113 Å². The first-order valence-electron chi connectivity index (χ1n) is 9.96. The lowest BCUT2D eigenvalue weighted by molar-refractivity contribution is -0.129. The number of hydrogen-bond donors (Lipinski definition) is 2. The second-order valence-electron chi connectivity index (χ2n) is 7.95. The van der Waals surface area contributed by atoms with Crippen LogP contribution >= 0.6 is 0 Å². The summed E-state index contributed by atoms with van der Waals surface area (Å²) in [6.45, 7) is 0.387. The van der Waals surface area contributed by atoms with E-state index in [4.69, 9.17) is 4.74 Å². The van der Waals surface area contributed by atoms with Crippen molar-refractivity contribution in [3.05, 3.63) is 62.9 Å². The number of amides is 2. The summed E-state index contributed by atoms with van der Waals surface area (Å²) in [5.41, 5.74) is -0.812. The maximum absolute atomic E-state index is 12.7. The number of nitrogens with zero attached hydrogens (tertiary/aromatic N) is 2. The molecule has 2 aliphatic heterocycles. The van der Waals surface area contributed by atoms with Gasteiger partial charge in [-0.05, 0) is 12.5 Å². The Bertz CT molecular complexity index is 1090. The smallest absolute Gasteiger partial charge is 0.328 e. The number of nitrogens with one attached hydrogen (secondary N) is 2. The highest BCUT2D eigenvalue weighted by molar-refractivity contribution is 5.77. The largest absolute Gasteiger partial charge is 0.487 e. The minimum absolute atomic E-state index is 0.0902. The van der Waals surface area contributed by atoms with Crippen LogP contribution in [0.25, 0.3) is 0 Å². The molecule has 2 unspecified atom stereocenters. The second kappa shape index (κ2) is 7.81. The van der Waals surface area contributed by atoms with E-state index in [1.54, 1.807) is 11.9 Å². The van der Waals surface area contributed by atoms with Gasteiger partial charge in [0.15, 0.2) is 0 Å². The zero-order chi connectivity index (χ0) is 21.3. The van der Waals surface area contributed by atoms with Gasteiger partial charge in [0, 0.05) is 50.7 Å². The van der Waals surface area contributed by atoms with Crippen molar-refractivity contribution in [2.75, 3.05) is 13.6 Å². The quantitative estimate of drug-likeness (QED) is 0.765. The van der Waals surface area contributed by atoms with E-state index in [9.17, 15) is 19.2 Å². The molecule has 158 valence electrons. The maximum atomic E-state index is 12.7. The number of H-pyrrole nitrogens is 1. The molecule has 1 spiro atoms. The Balaban J connectivity index is 1.57. The molecule has 0 aliphatic carbocycles. The molecule has 2 aromatic rings. The van der Waals surface area contributed by atoms with Crippen LogP contribution < -0.4 is 21.3 Å². The van der Waals surface area contributed by atoms with Gasteiger partial charge in [0.05, 0.1) is 6.04 Å². The van der Waals surface area contributed by atoms with Crippen LogP contribution in [-0.2, 0) is 16.1 Å². The molecular formula is C21H24N4O5. The summed E-state index contributed by atoms with van der Waals surface area (Å²) >= 11 is 0. The summed E-state index contributed by atoms with van der Waals surface area (Å²) in [6.07, 6.45) is 3.49. The number of aromatic amines is 1. The number of ether oxygens (including phenoxy) is 1. The monoisotopic (exact) mass is 412 g/mol. The molecule has 1 fully saturated rings. The molecule has 0 bridgehead atoms. The average molecular weight is 412 g/mol. The van der Waals surface area contributed by atoms with E-state index in [0.29, 0.717) is 38.0 Å². The molecule has 4 rings (SSSR count). The van der Waals surface area contributed by atoms with Crippen LogP contribution in [0.3, 0.4) is 0 Å². The highest BCUT2D eigenvalue weighted by atomic mass is 16.5. The van der Waals surface area contributed by atoms with Gasteiger partial charge in [-0.2, -0.15) is 0 Å². The molecule has 1 aromatic heterocycles. The normalized spacial score (nSPS) is 23.4. The highest BCUT2D eigenvalue weighted by Gasteiger charge is 2.43. The van der Waals surface area contributed by atoms with Gasteiger partial charge in [0.1, 0.15) is 17.9 Å². The highest BCUT2D eigenvalue weighted by Crippen LogP contribution is 2.44. The van der Waals surface area contributed by atoms with Crippen LogP contribution in [0.2, 0.25) is 0 Å². The fourth-order valence-electron chi connectivity index (χ4n) is 4.16. The molecular weight excluding hydrogens is 388 g/mol. The van der Waals surface area contributed by atoms with E-state index in [0.717, 1.165) is 10.1 Å². The molecule has 1 aromatic carbocycles. The Hall–Kier alpha value is -3.36. The zero-order valence-corrected chi connectivity index (χ0v) is 16.7. The van der Waals surface area contributed by atoms with Gasteiger partial charge in [0.25, 0.3) is 5.56 Å². The summed E-state index contributed by atoms with van der Waals surface area (Å²) < 4.78 is 7.52. The van der Waals surface area contributed by atoms with E-state index in [-0.39, 0.29) is 24.4 Å². The SMILES string of the molecule is CN1CCC2(CCC1=O)CC(NC(=O)Cn1ccc(=O)[nH]c1=O)c1ccccc1O2. The maximum Gasteiger partial charge on any atom is 0.328 e. The number of likely N-dealkylation sites (tertiary alicyclic amines) is 1. The van der Waals surface area contributed by atoms with E-state index < -0.39 is 16.9 Å². The van der Waals surface area contributed by atoms with Gasteiger partial charge in [-0.25, -0.2) is 4.79 Å². The predicted molar refractivity (Wildman–Crippen MR) is 108 cm³/mol. The summed E-state index contributed by atoms with van der Waals surface area (Å²) in [5.74, 6) is 0.447. The Kier molecular flexibility index (Phi) is 5.19. The lowest BCUT2D eigenvalue weighted by Crippen LogP contribution is -2.46. The van der Waals surface area contributed by atoms with Crippen molar-refractivity contribution >= 4 is 11.8 Å². The molecule has 9 heteroatoms. The van der Waals surface area contributed by atoms with Crippen molar-refractivity contribution in [3.63, 3.8) is 0 Å². The lowest BCUT2D eigenvalue weighted by atomic mass is 9.82.